The van der Waals surface area contributed by atoms with E-state index < -0.39 is 10.0 Å². The number of benzene rings is 1. The Hall–Kier alpha value is -0.720. The molecule has 0 unspecified atom stereocenters. The first-order valence-electron chi connectivity index (χ1n) is 8.77. The van der Waals surface area contributed by atoms with E-state index in [-0.39, 0.29) is 10.9 Å². The number of unbranched alkanes of at least 4 members (excludes halogenated alkanes) is 1. The Morgan fingerprint density at radius 1 is 1.08 bits per heavy atom. The molecule has 138 valence electrons. The van der Waals surface area contributed by atoms with Crippen LogP contribution in [0.5, 0.6) is 5.75 Å². The van der Waals surface area contributed by atoms with E-state index in [1.807, 2.05) is 19.1 Å². The lowest BCUT2D eigenvalue weighted by Crippen LogP contribution is -2.44. The van der Waals surface area contributed by atoms with Gasteiger partial charge in [0.05, 0.1) is 26.0 Å². The fraction of sp³-hybridized carbons (Fsp3) is 0.667. The fourth-order valence-electron chi connectivity index (χ4n) is 2.38. The monoisotopic (exact) mass is 374 g/mol. The van der Waals surface area contributed by atoms with Gasteiger partial charge < -0.3 is 4.74 Å². The van der Waals surface area contributed by atoms with Crippen LogP contribution in [0.4, 0.5) is 0 Å². The first-order chi connectivity index (χ1) is 11.5. The molecule has 1 fully saturated rings. The molecular weight excluding hydrogens is 342 g/mol. The Kier molecular flexibility index (Phi) is 9.78. The summed E-state index contributed by atoms with van der Waals surface area (Å²) in [6.45, 7) is 7.58. The van der Waals surface area contributed by atoms with Crippen molar-refractivity contribution in [3.05, 3.63) is 24.3 Å². The topological polar surface area (TPSA) is 46.6 Å². The van der Waals surface area contributed by atoms with E-state index in [2.05, 4.69) is 26.0 Å². The normalized spacial score (nSPS) is 16.3. The highest BCUT2D eigenvalue weighted by atomic mass is 32.2. The van der Waals surface area contributed by atoms with Crippen LogP contribution in [-0.4, -0.2) is 50.2 Å². The van der Waals surface area contributed by atoms with E-state index in [0.29, 0.717) is 18.8 Å². The smallest absolute Gasteiger partial charge is 0.214 e. The Bertz CT molecular complexity index is 550. The van der Waals surface area contributed by atoms with Gasteiger partial charge in [-0.3, -0.25) is 0 Å². The predicted octanol–water partition coefficient (Wildman–Crippen LogP) is 3.53. The Labute approximate surface area is 151 Å². The van der Waals surface area contributed by atoms with Crippen molar-refractivity contribution in [3.8, 4) is 5.75 Å². The van der Waals surface area contributed by atoms with Crippen LogP contribution in [0.25, 0.3) is 0 Å². The minimum absolute atomic E-state index is 0.159. The number of hydrogen-bond acceptors (Lipinski definition) is 3. The molecule has 0 spiro atoms. The highest BCUT2D eigenvalue weighted by Gasteiger charge is 2.33. The van der Waals surface area contributed by atoms with Gasteiger partial charge in [0.1, 0.15) is 17.3 Å². The summed E-state index contributed by atoms with van der Waals surface area (Å²) in [4.78, 5) is 1.31. The summed E-state index contributed by atoms with van der Waals surface area (Å²) in [6, 6.07) is 8.16. The van der Waals surface area contributed by atoms with Crippen LogP contribution in [0.15, 0.2) is 29.2 Å². The minimum atomic E-state index is -3.04. The van der Waals surface area contributed by atoms with Crippen molar-refractivity contribution in [3.63, 3.8) is 0 Å². The summed E-state index contributed by atoms with van der Waals surface area (Å²) >= 11 is 0. The molecule has 0 amide bonds. The van der Waals surface area contributed by atoms with Crippen LogP contribution < -0.4 is 4.74 Å². The third kappa shape index (κ3) is 6.65. The molecule has 24 heavy (non-hydrogen) atoms. The molecule has 0 atom stereocenters. The van der Waals surface area contributed by atoms with E-state index >= 15 is 0 Å². The van der Waals surface area contributed by atoms with Gasteiger partial charge >= 0.3 is 0 Å². The fourth-order valence-corrected chi connectivity index (χ4v) is 6.34. The molecule has 4 nitrogen and oxygen atoms in total. The summed E-state index contributed by atoms with van der Waals surface area (Å²) < 4.78 is 31.2. The maximum Gasteiger partial charge on any atom is 0.214 e. The van der Waals surface area contributed by atoms with E-state index in [1.54, 1.807) is 11.4 Å². The molecule has 1 aliphatic heterocycles. The van der Waals surface area contributed by atoms with Crippen molar-refractivity contribution in [2.75, 3.05) is 37.5 Å². The van der Waals surface area contributed by atoms with Crippen molar-refractivity contribution >= 4 is 20.9 Å². The zero-order valence-electron chi connectivity index (χ0n) is 15.5. The molecule has 1 saturated heterocycles. The zero-order valence-corrected chi connectivity index (χ0v) is 17.1. The minimum Gasteiger partial charge on any atom is -0.497 e. The lowest BCUT2D eigenvalue weighted by Gasteiger charge is -2.26. The lowest BCUT2D eigenvalue weighted by molar-refractivity contribution is 0.414. The maximum absolute atomic E-state index is 12.2. The summed E-state index contributed by atoms with van der Waals surface area (Å²) in [5.41, 5.74) is 0. The number of rotatable bonds is 6. The summed E-state index contributed by atoms with van der Waals surface area (Å²) in [5.74, 6) is 3.01. The first kappa shape index (κ1) is 21.3. The Morgan fingerprint density at radius 2 is 1.62 bits per heavy atom. The molecule has 0 N–H and O–H groups in total. The summed E-state index contributed by atoms with van der Waals surface area (Å²) in [7, 11) is -1.22. The van der Waals surface area contributed by atoms with E-state index in [0.717, 1.165) is 30.1 Å². The van der Waals surface area contributed by atoms with Crippen LogP contribution in [-0.2, 0) is 20.9 Å². The van der Waals surface area contributed by atoms with Gasteiger partial charge in [0.2, 0.25) is 10.0 Å². The highest BCUT2D eigenvalue weighted by Crippen LogP contribution is 2.22. The molecule has 1 aliphatic rings. The van der Waals surface area contributed by atoms with E-state index in [4.69, 9.17) is 4.74 Å². The Morgan fingerprint density at radius 3 is 2.08 bits per heavy atom. The van der Waals surface area contributed by atoms with Crippen LogP contribution in [0.2, 0.25) is 0 Å². The van der Waals surface area contributed by atoms with Crippen molar-refractivity contribution < 1.29 is 13.2 Å². The second-order valence-corrected chi connectivity index (χ2v) is 10.2. The van der Waals surface area contributed by atoms with Crippen molar-refractivity contribution in [1.82, 2.24) is 4.31 Å². The van der Waals surface area contributed by atoms with Gasteiger partial charge in [-0.15, -0.1) is 0 Å². The lowest BCUT2D eigenvalue weighted by atomic mass is 10.3. The van der Waals surface area contributed by atoms with Gasteiger partial charge in [-0.25, -0.2) is 8.42 Å². The third-order valence-corrected chi connectivity index (χ3v) is 7.96. The van der Waals surface area contributed by atoms with Crippen LogP contribution in [0, 0.1) is 0 Å². The van der Waals surface area contributed by atoms with E-state index in [9.17, 15) is 8.42 Å². The van der Waals surface area contributed by atoms with Crippen molar-refractivity contribution in [2.45, 2.75) is 44.9 Å². The SMILES string of the molecule is CCC.CCCCS(=O)(=O)N1CC[S+](c2ccc(OC)cc2)CC1. The molecule has 1 aromatic carbocycles. The average molecular weight is 375 g/mol. The van der Waals surface area contributed by atoms with Gasteiger partial charge in [-0.05, 0) is 30.7 Å². The second kappa shape index (κ2) is 11.0. The summed E-state index contributed by atoms with van der Waals surface area (Å²) in [6.07, 6.45) is 2.92. The zero-order chi connectivity index (χ0) is 18.0. The van der Waals surface area contributed by atoms with Gasteiger partial charge in [-0.1, -0.05) is 33.6 Å². The van der Waals surface area contributed by atoms with Gasteiger partial charge in [0, 0.05) is 10.9 Å². The molecule has 0 bridgehead atoms. The molecular formula is C18H32NO3S2+. The Balaban J connectivity index is 0.000000891. The molecule has 1 heterocycles. The van der Waals surface area contributed by atoms with Crippen LogP contribution >= 0.6 is 0 Å². The molecule has 0 aromatic heterocycles. The first-order valence-corrected chi connectivity index (χ1v) is 11.9. The van der Waals surface area contributed by atoms with E-state index in [1.165, 1.54) is 11.3 Å². The molecule has 6 heteroatoms. The van der Waals surface area contributed by atoms with Crippen LogP contribution in [0.3, 0.4) is 0 Å². The molecule has 0 radical (unpaired) electrons. The largest absolute Gasteiger partial charge is 0.497 e. The predicted molar refractivity (Wildman–Crippen MR) is 105 cm³/mol. The maximum atomic E-state index is 12.2. The number of nitrogens with zero attached hydrogens (tertiary/aromatic N) is 1. The average Bonchev–Trinajstić information content (AvgIpc) is 2.61. The molecule has 0 saturated carbocycles. The van der Waals surface area contributed by atoms with Gasteiger partial charge in [0.15, 0.2) is 4.90 Å². The summed E-state index contributed by atoms with van der Waals surface area (Å²) in [5, 5.41) is 0. The third-order valence-electron chi connectivity index (χ3n) is 3.72. The van der Waals surface area contributed by atoms with Gasteiger partial charge in [-0.2, -0.15) is 4.31 Å². The van der Waals surface area contributed by atoms with Crippen molar-refractivity contribution in [1.29, 1.82) is 0 Å². The number of sulfonamides is 1. The number of ether oxygens (including phenoxy) is 1. The molecule has 1 aromatic rings. The standard InChI is InChI=1S/C15H24NO3S2.C3H8/c1-3-4-13-21(17,18)16-9-11-20(12-10-16)15-7-5-14(19-2)6-8-15;1-3-2/h5-8H,3-4,9-13H2,1-2H3;3H2,1-2H3/q+1;. The van der Waals surface area contributed by atoms with Crippen LogP contribution in [0.1, 0.15) is 40.0 Å². The van der Waals surface area contributed by atoms with Gasteiger partial charge in [0.25, 0.3) is 0 Å². The quantitative estimate of drug-likeness (QED) is 0.716. The number of hydrogen-bond donors (Lipinski definition) is 0. The molecule has 2 rings (SSSR count). The van der Waals surface area contributed by atoms with Crippen molar-refractivity contribution in [2.24, 2.45) is 0 Å². The second-order valence-electron chi connectivity index (χ2n) is 5.85. The molecule has 0 aliphatic carbocycles. The number of methoxy groups -OCH3 is 1. The highest BCUT2D eigenvalue weighted by molar-refractivity contribution is 7.97.